The van der Waals surface area contributed by atoms with Crippen LogP contribution in [0.25, 0.3) is 10.9 Å². The SMILES string of the molecule is CCC=CCCC(CC)c1cc2ccccc2n(CC)c1=O. The molecule has 2 aromatic rings. The number of nitrogens with zero attached hydrogens (tertiary/aromatic N) is 1. The molecule has 2 nitrogen and oxygen atoms in total. The molecule has 118 valence electrons. The molecule has 22 heavy (non-hydrogen) atoms. The molecule has 0 spiro atoms. The molecule has 1 aromatic heterocycles. The third-order valence-corrected chi connectivity index (χ3v) is 4.36. The minimum absolute atomic E-state index is 0.188. The predicted molar refractivity (Wildman–Crippen MR) is 95.6 cm³/mol. The minimum atomic E-state index is 0.188. The fourth-order valence-electron chi connectivity index (χ4n) is 3.12. The van der Waals surface area contributed by atoms with Crippen LogP contribution in [0.3, 0.4) is 0 Å². The fourth-order valence-corrected chi connectivity index (χ4v) is 3.12. The molecule has 0 saturated heterocycles. The van der Waals surface area contributed by atoms with E-state index >= 15 is 0 Å². The molecule has 0 aliphatic heterocycles. The number of rotatable bonds is 7. The lowest BCUT2D eigenvalue weighted by Gasteiger charge is -2.17. The standard InChI is InChI=1S/C20H27NO/c1-4-7-8-9-12-16(5-2)18-15-17-13-10-11-14-19(17)21(6-3)20(18)22/h7-8,10-11,13-16H,4-6,9,12H2,1-3H3. The van der Waals surface area contributed by atoms with Gasteiger partial charge >= 0.3 is 0 Å². The van der Waals surface area contributed by atoms with Gasteiger partial charge in [-0.25, -0.2) is 0 Å². The summed E-state index contributed by atoms with van der Waals surface area (Å²) in [5, 5.41) is 1.17. The van der Waals surface area contributed by atoms with E-state index in [0.717, 1.165) is 43.3 Å². The van der Waals surface area contributed by atoms with E-state index in [-0.39, 0.29) is 5.56 Å². The zero-order valence-electron chi connectivity index (χ0n) is 14.0. The van der Waals surface area contributed by atoms with Crippen molar-refractivity contribution in [1.29, 1.82) is 0 Å². The maximum absolute atomic E-state index is 12.8. The monoisotopic (exact) mass is 297 g/mol. The molecule has 1 unspecified atom stereocenters. The van der Waals surface area contributed by atoms with E-state index in [1.165, 1.54) is 5.39 Å². The molecule has 1 atom stereocenters. The van der Waals surface area contributed by atoms with E-state index < -0.39 is 0 Å². The van der Waals surface area contributed by atoms with Crippen molar-refractivity contribution in [3.8, 4) is 0 Å². The summed E-state index contributed by atoms with van der Waals surface area (Å²) >= 11 is 0. The van der Waals surface area contributed by atoms with Crippen LogP contribution in [0.2, 0.25) is 0 Å². The molecule has 1 aromatic carbocycles. The van der Waals surface area contributed by atoms with Gasteiger partial charge in [0.05, 0.1) is 5.52 Å². The van der Waals surface area contributed by atoms with Crippen LogP contribution in [0.1, 0.15) is 57.9 Å². The Balaban J connectivity index is 2.42. The molecular formula is C20H27NO. The van der Waals surface area contributed by atoms with Crippen molar-refractivity contribution in [3.63, 3.8) is 0 Å². The lowest BCUT2D eigenvalue weighted by molar-refractivity contribution is 0.596. The largest absolute Gasteiger partial charge is 0.308 e. The maximum Gasteiger partial charge on any atom is 0.254 e. The molecule has 0 radical (unpaired) electrons. The number of para-hydroxylation sites is 1. The van der Waals surface area contributed by atoms with Crippen molar-refractivity contribution in [2.75, 3.05) is 0 Å². The third-order valence-electron chi connectivity index (χ3n) is 4.36. The average Bonchev–Trinajstić information content (AvgIpc) is 2.55. The Bertz CT molecular complexity index is 696. The van der Waals surface area contributed by atoms with Crippen LogP contribution in [0.4, 0.5) is 0 Å². The second-order valence-corrected chi connectivity index (χ2v) is 5.77. The van der Waals surface area contributed by atoms with E-state index in [1.54, 1.807) is 0 Å². The Morgan fingerprint density at radius 3 is 2.59 bits per heavy atom. The van der Waals surface area contributed by atoms with Crippen LogP contribution in [-0.4, -0.2) is 4.57 Å². The molecule has 0 N–H and O–H groups in total. The molecular weight excluding hydrogens is 270 g/mol. The number of allylic oxidation sites excluding steroid dienone is 2. The number of benzene rings is 1. The molecule has 0 bridgehead atoms. The normalized spacial score (nSPS) is 13.0. The highest BCUT2D eigenvalue weighted by atomic mass is 16.1. The van der Waals surface area contributed by atoms with E-state index in [1.807, 2.05) is 29.7 Å². The molecule has 2 rings (SSSR count). The van der Waals surface area contributed by atoms with Gasteiger partial charge in [-0.2, -0.15) is 0 Å². The Labute approximate surface area is 133 Å². The molecule has 0 aliphatic rings. The van der Waals surface area contributed by atoms with Crippen LogP contribution in [0.15, 0.2) is 47.3 Å². The van der Waals surface area contributed by atoms with Crippen molar-refractivity contribution < 1.29 is 0 Å². The van der Waals surface area contributed by atoms with E-state index in [2.05, 4.69) is 38.1 Å². The quantitative estimate of drug-likeness (QED) is 0.639. The van der Waals surface area contributed by atoms with Gasteiger partial charge in [-0.15, -0.1) is 0 Å². The van der Waals surface area contributed by atoms with Gasteiger partial charge in [-0.3, -0.25) is 4.79 Å². The van der Waals surface area contributed by atoms with Gasteiger partial charge in [-0.1, -0.05) is 44.2 Å². The minimum Gasteiger partial charge on any atom is -0.308 e. The third kappa shape index (κ3) is 3.49. The summed E-state index contributed by atoms with van der Waals surface area (Å²) in [5.41, 5.74) is 2.21. The highest BCUT2D eigenvalue weighted by molar-refractivity contribution is 5.79. The first-order valence-electron chi connectivity index (χ1n) is 8.50. The Morgan fingerprint density at radius 2 is 1.91 bits per heavy atom. The molecule has 0 fully saturated rings. The number of hydrogen-bond donors (Lipinski definition) is 0. The number of hydrogen-bond acceptors (Lipinski definition) is 1. The summed E-state index contributed by atoms with van der Waals surface area (Å²) in [6.45, 7) is 7.10. The first-order chi connectivity index (χ1) is 10.7. The topological polar surface area (TPSA) is 22.0 Å². The lowest BCUT2D eigenvalue weighted by Crippen LogP contribution is -2.25. The maximum atomic E-state index is 12.8. The second kappa shape index (κ2) is 7.98. The zero-order valence-corrected chi connectivity index (χ0v) is 14.0. The van der Waals surface area contributed by atoms with Crippen molar-refractivity contribution >= 4 is 10.9 Å². The summed E-state index contributed by atoms with van der Waals surface area (Å²) in [6, 6.07) is 10.3. The van der Waals surface area contributed by atoms with Crippen LogP contribution >= 0.6 is 0 Å². The van der Waals surface area contributed by atoms with Crippen LogP contribution in [0, 0.1) is 0 Å². The summed E-state index contributed by atoms with van der Waals surface area (Å²) < 4.78 is 1.91. The van der Waals surface area contributed by atoms with Gasteiger partial charge < -0.3 is 4.57 Å². The summed E-state index contributed by atoms with van der Waals surface area (Å²) in [6.07, 6.45) is 8.63. The number of aromatic nitrogens is 1. The van der Waals surface area contributed by atoms with Gasteiger partial charge in [0.2, 0.25) is 0 Å². The Morgan fingerprint density at radius 1 is 1.14 bits per heavy atom. The van der Waals surface area contributed by atoms with Gasteiger partial charge in [0, 0.05) is 12.1 Å². The molecule has 0 aliphatic carbocycles. The summed E-state index contributed by atoms with van der Waals surface area (Å²) in [4.78, 5) is 12.8. The smallest absolute Gasteiger partial charge is 0.254 e. The Kier molecular flexibility index (Phi) is 6.00. The first-order valence-corrected chi connectivity index (χ1v) is 8.50. The average molecular weight is 297 g/mol. The number of aryl methyl sites for hydroxylation is 1. The highest BCUT2D eigenvalue weighted by Crippen LogP contribution is 2.25. The second-order valence-electron chi connectivity index (χ2n) is 5.77. The zero-order chi connectivity index (χ0) is 15.9. The fraction of sp³-hybridized carbons (Fsp3) is 0.450. The van der Waals surface area contributed by atoms with Gasteiger partial charge in [-0.05, 0) is 56.0 Å². The molecule has 1 heterocycles. The molecule has 0 saturated carbocycles. The van der Waals surface area contributed by atoms with Gasteiger partial charge in [0.15, 0.2) is 0 Å². The molecule has 0 amide bonds. The highest BCUT2D eigenvalue weighted by Gasteiger charge is 2.16. The van der Waals surface area contributed by atoms with Crippen molar-refractivity contribution in [2.24, 2.45) is 0 Å². The van der Waals surface area contributed by atoms with Crippen LogP contribution < -0.4 is 5.56 Å². The van der Waals surface area contributed by atoms with Crippen molar-refractivity contribution in [2.45, 2.75) is 58.9 Å². The van der Waals surface area contributed by atoms with Crippen molar-refractivity contribution in [3.05, 3.63) is 58.4 Å². The summed E-state index contributed by atoms with van der Waals surface area (Å²) in [7, 11) is 0. The lowest BCUT2D eigenvalue weighted by atomic mass is 9.91. The number of fused-ring (bicyclic) bond motifs is 1. The first kappa shape index (κ1) is 16.5. The van der Waals surface area contributed by atoms with Crippen LogP contribution in [0.5, 0.6) is 0 Å². The summed E-state index contributed by atoms with van der Waals surface area (Å²) in [5.74, 6) is 0.344. The van der Waals surface area contributed by atoms with E-state index in [4.69, 9.17) is 0 Å². The Hall–Kier alpha value is -1.83. The van der Waals surface area contributed by atoms with Gasteiger partial charge in [0.1, 0.15) is 0 Å². The van der Waals surface area contributed by atoms with Crippen LogP contribution in [-0.2, 0) is 6.54 Å². The van der Waals surface area contributed by atoms with E-state index in [9.17, 15) is 4.79 Å². The predicted octanol–water partition coefficient (Wildman–Crippen LogP) is 5.26. The number of pyridine rings is 1. The van der Waals surface area contributed by atoms with Crippen molar-refractivity contribution in [1.82, 2.24) is 4.57 Å². The molecule has 2 heteroatoms. The van der Waals surface area contributed by atoms with E-state index in [0.29, 0.717) is 5.92 Å². The van der Waals surface area contributed by atoms with Gasteiger partial charge in [0.25, 0.3) is 5.56 Å².